The Morgan fingerprint density at radius 2 is 2.00 bits per heavy atom. The van der Waals surface area contributed by atoms with Crippen LogP contribution in [0.1, 0.15) is 36.6 Å². The minimum Gasteiger partial charge on any atom is -0.260 e. The number of rotatable bonds is 4. The second-order valence-electron chi connectivity index (χ2n) is 4.77. The summed E-state index contributed by atoms with van der Waals surface area (Å²) < 4.78 is 0. The number of hydrogen-bond donors (Lipinski definition) is 2. The zero-order valence-corrected chi connectivity index (χ0v) is 11.7. The number of hydrogen-bond acceptors (Lipinski definition) is 5. The molecule has 20 heavy (non-hydrogen) atoms. The number of aryl methyl sites for hydroxylation is 1. The molecule has 0 amide bonds. The van der Waals surface area contributed by atoms with Gasteiger partial charge in [-0.25, -0.2) is 9.89 Å². The van der Waals surface area contributed by atoms with E-state index < -0.39 is 5.69 Å². The fraction of sp³-hybridized carbons (Fsp3) is 0.286. The lowest BCUT2D eigenvalue weighted by atomic mass is 10.0. The fourth-order valence-electron chi connectivity index (χ4n) is 1.63. The number of hydrazone groups is 1. The van der Waals surface area contributed by atoms with Crippen LogP contribution in [0, 0.1) is 6.92 Å². The second-order valence-corrected chi connectivity index (χ2v) is 4.77. The lowest BCUT2D eigenvalue weighted by molar-refractivity contribution is 0.866. The Balaban J connectivity index is 2.06. The van der Waals surface area contributed by atoms with Crippen LogP contribution in [-0.4, -0.2) is 21.4 Å². The van der Waals surface area contributed by atoms with Crippen LogP contribution in [0.4, 0.5) is 5.82 Å². The summed E-state index contributed by atoms with van der Waals surface area (Å²) in [6, 6.07) is 8.14. The van der Waals surface area contributed by atoms with E-state index in [-0.39, 0.29) is 0 Å². The maximum absolute atomic E-state index is 11.1. The Morgan fingerprint density at radius 3 is 2.65 bits per heavy atom. The molecular formula is C14H17N5O. The van der Waals surface area contributed by atoms with Crippen molar-refractivity contribution in [3.05, 3.63) is 51.6 Å². The van der Waals surface area contributed by atoms with Crippen molar-refractivity contribution in [2.75, 3.05) is 5.43 Å². The number of aromatic nitrogens is 3. The third-order valence-corrected chi connectivity index (χ3v) is 2.86. The largest absolute Gasteiger partial charge is 0.363 e. The van der Waals surface area contributed by atoms with Crippen molar-refractivity contribution in [2.24, 2.45) is 5.10 Å². The summed E-state index contributed by atoms with van der Waals surface area (Å²) in [5.74, 6) is 0.858. The molecule has 0 fully saturated rings. The van der Waals surface area contributed by atoms with Crippen LogP contribution in [0.2, 0.25) is 0 Å². The van der Waals surface area contributed by atoms with Gasteiger partial charge in [0.25, 0.3) is 0 Å². The maximum Gasteiger partial charge on any atom is 0.363 e. The minimum atomic E-state index is -0.505. The van der Waals surface area contributed by atoms with Crippen molar-refractivity contribution >= 4 is 12.0 Å². The molecule has 6 heteroatoms. The van der Waals surface area contributed by atoms with Crippen LogP contribution < -0.4 is 11.1 Å². The SMILES string of the molecule is Cc1n[nH]c(=O)nc1N/N=C\c1ccc(C(C)C)cc1. The molecule has 0 unspecified atom stereocenters. The highest BCUT2D eigenvalue weighted by Crippen LogP contribution is 2.13. The molecule has 6 nitrogen and oxygen atoms in total. The molecule has 0 atom stereocenters. The number of H-pyrrole nitrogens is 1. The summed E-state index contributed by atoms with van der Waals surface area (Å²) in [4.78, 5) is 14.8. The average Bonchev–Trinajstić information content (AvgIpc) is 2.43. The highest BCUT2D eigenvalue weighted by molar-refractivity contribution is 5.80. The first-order chi connectivity index (χ1) is 9.56. The monoisotopic (exact) mass is 271 g/mol. The molecule has 0 spiro atoms. The molecule has 2 aromatic rings. The van der Waals surface area contributed by atoms with E-state index in [1.807, 2.05) is 12.1 Å². The van der Waals surface area contributed by atoms with Crippen molar-refractivity contribution in [1.29, 1.82) is 0 Å². The van der Waals surface area contributed by atoms with Crippen molar-refractivity contribution < 1.29 is 0 Å². The lowest BCUT2D eigenvalue weighted by Crippen LogP contribution is -2.15. The van der Waals surface area contributed by atoms with Gasteiger partial charge in [-0.3, -0.25) is 5.43 Å². The Morgan fingerprint density at radius 1 is 1.30 bits per heavy atom. The van der Waals surface area contributed by atoms with Gasteiger partial charge in [0, 0.05) is 0 Å². The molecule has 1 aromatic heterocycles. The average molecular weight is 271 g/mol. The first kappa shape index (κ1) is 13.9. The van der Waals surface area contributed by atoms with E-state index >= 15 is 0 Å². The Bertz CT molecular complexity index is 658. The van der Waals surface area contributed by atoms with Gasteiger partial charge in [-0.05, 0) is 24.0 Å². The van der Waals surface area contributed by atoms with Crippen molar-refractivity contribution in [3.8, 4) is 0 Å². The van der Waals surface area contributed by atoms with Crippen molar-refractivity contribution in [3.63, 3.8) is 0 Å². The molecule has 0 bridgehead atoms. The highest BCUT2D eigenvalue weighted by atomic mass is 16.1. The van der Waals surface area contributed by atoms with E-state index in [1.54, 1.807) is 13.1 Å². The number of aromatic amines is 1. The molecule has 0 saturated heterocycles. The normalized spacial score (nSPS) is 11.2. The van der Waals surface area contributed by atoms with Gasteiger partial charge in [-0.15, -0.1) is 0 Å². The molecule has 0 aliphatic heterocycles. The van der Waals surface area contributed by atoms with Crippen molar-refractivity contribution in [2.45, 2.75) is 26.7 Å². The Labute approximate surface area is 117 Å². The van der Waals surface area contributed by atoms with Gasteiger partial charge in [-0.1, -0.05) is 38.1 Å². The van der Waals surface area contributed by atoms with Gasteiger partial charge < -0.3 is 0 Å². The van der Waals surface area contributed by atoms with Gasteiger partial charge in [-0.2, -0.15) is 15.2 Å². The van der Waals surface area contributed by atoms with E-state index in [2.05, 4.69) is 51.7 Å². The van der Waals surface area contributed by atoms with Crippen LogP contribution in [0.5, 0.6) is 0 Å². The summed E-state index contributed by atoms with van der Waals surface area (Å²) >= 11 is 0. The molecule has 0 radical (unpaired) electrons. The molecular weight excluding hydrogens is 254 g/mol. The summed E-state index contributed by atoms with van der Waals surface area (Å²) in [6.07, 6.45) is 1.67. The number of nitrogens with zero attached hydrogens (tertiary/aromatic N) is 3. The van der Waals surface area contributed by atoms with Crippen LogP contribution in [0.25, 0.3) is 0 Å². The Hall–Kier alpha value is -2.50. The first-order valence-corrected chi connectivity index (χ1v) is 6.38. The molecule has 0 aliphatic carbocycles. The van der Waals surface area contributed by atoms with Gasteiger partial charge >= 0.3 is 5.69 Å². The van der Waals surface area contributed by atoms with Crippen LogP contribution in [0.15, 0.2) is 34.2 Å². The van der Waals surface area contributed by atoms with Gasteiger partial charge in [0.05, 0.1) is 6.21 Å². The topological polar surface area (TPSA) is 83.0 Å². The third kappa shape index (κ3) is 3.50. The molecule has 104 valence electrons. The number of anilines is 1. The molecule has 1 heterocycles. The van der Waals surface area contributed by atoms with Gasteiger partial charge in [0.15, 0.2) is 5.82 Å². The molecule has 0 saturated carbocycles. The zero-order valence-electron chi connectivity index (χ0n) is 11.7. The zero-order chi connectivity index (χ0) is 14.5. The summed E-state index contributed by atoms with van der Waals surface area (Å²) in [6.45, 7) is 6.04. The molecule has 0 aliphatic rings. The predicted octanol–water partition coefficient (Wildman–Crippen LogP) is 2.04. The number of benzene rings is 1. The smallest absolute Gasteiger partial charge is 0.260 e. The summed E-state index contributed by atoms with van der Waals surface area (Å²) in [7, 11) is 0. The van der Waals surface area contributed by atoms with Crippen molar-refractivity contribution in [1.82, 2.24) is 15.2 Å². The fourth-order valence-corrected chi connectivity index (χ4v) is 1.63. The van der Waals surface area contributed by atoms with E-state index in [9.17, 15) is 4.79 Å². The van der Waals surface area contributed by atoms with E-state index in [0.717, 1.165) is 5.56 Å². The maximum atomic E-state index is 11.1. The minimum absolute atomic E-state index is 0.351. The summed E-state index contributed by atoms with van der Waals surface area (Å²) in [5, 5.41) is 10.1. The quantitative estimate of drug-likeness (QED) is 0.658. The Kier molecular flexibility index (Phi) is 4.24. The van der Waals surface area contributed by atoms with Crippen LogP contribution >= 0.6 is 0 Å². The third-order valence-electron chi connectivity index (χ3n) is 2.86. The summed E-state index contributed by atoms with van der Waals surface area (Å²) in [5.41, 5.74) is 5.04. The predicted molar refractivity (Wildman–Crippen MR) is 79.1 cm³/mol. The van der Waals surface area contributed by atoms with Gasteiger partial charge in [0.2, 0.25) is 0 Å². The first-order valence-electron chi connectivity index (χ1n) is 6.38. The highest BCUT2D eigenvalue weighted by Gasteiger charge is 2.00. The van der Waals surface area contributed by atoms with E-state index in [0.29, 0.717) is 17.4 Å². The van der Waals surface area contributed by atoms with E-state index in [1.165, 1.54) is 5.56 Å². The van der Waals surface area contributed by atoms with Crippen LogP contribution in [-0.2, 0) is 0 Å². The second kappa shape index (κ2) is 6.10. The number of nitrogens with one attached hydrogen (secondary N) is 2. The molecule has 2 N–H and O–H groups in total. The molecule has 2 rings (SSSR count). The van der Waals surface area contributed by atoms with Crippen LogP contribution in [0.3, 0.4) is 0 Å². The lowest BCUT2D eigenvalue weighted by Gasteiger charge is -2.04. The standard InChI is InChI=1S/C14H17N5O/c1-9(2)12-6-4-11(5-7-12)8-15-18-13-10(3)17-19-14(20)16-13/h4-9H,1-3H3,(H2,16,18,19,20)/b15-8-. The van der Waals surface area contributed by atoms with Gasteiger partial charge in [0.1, 0.15) is 5.69 Å². The van der Waals surface area contributed by atoms with E-state index in [4.69, 9.17) is 0 Å². The molecule has 1 aromatic carbocycles.